The molecule has 0 saturated carbocycles. The van der Waals surface area contributed by atoms with Crippen molar-refractivity contribution in [2.45, 2.75) is 30.2 Å². The number of nitrogens with zero attached hydrogens (tertiary/aromatic N) is 3. The molecule has 0 aliphatic carbocycles. The Bertz CT molecular complexity index is 1200. The standard InChI is InChI=1S/C24H23ClN4OS/c1-3-21(23(30)26-19-13-11-18(25)12-14-19)31-24-28-27-22(29(24)2)15-17-9-6-8-16-7-4-5-10-20(16)17/h4-14,21H,3,15H2,1-2H3,(H,26,30). The second kappa shape index (κ2) is 9.54. The van der Waals surface area contributed by atoms with E-state index in [4.69, 9.17) is 11.6 Å². The minimum Gasteiger partial charge on any atom is -0.325 e. The molecule has 1 atom stereocenters. The fourth-order valence-corrected chi connectivity index (χ4v) is 4.49. The second-order valence-corrected chi connectivity index (χ2v) is 8.89. The third-order valence-electron chi connectivity index (χ3n) is 5.18. The van der Waals surface area contributed by atoms with E-state index in [9.17, 15) is 4.79 Å². The molecular formula is C24H23ClN4OS. The van der Waals surface area contributed by atoms with Crippen LogP contribution in [0.15, 0.2) is 71.9 Å². The zero-order chi connectivity index (χ0) is 21.8. The Hall–Kier alpha value is -2.83. The van der Waals surface area contributed by atoms with Crippen molar-refractivity contribution in [1.82, 2.24) is 14.8 Å². The van der Waals surface area contributed by atoms with Gasteiger partial charge in [-0.2, -0.15) is 0 Å². The summed E-state index contributed by atoms with van der Waals surface area (Å²) < 4.78 is 1.98. The summed E-state index contributed by atoms with van der Waals surface area (Å²) in [6, 6.07) is 21.7. The average Bonchev–Trinajstić information content (AvgIpc) is 3.13. The van der Waals surface area contributed by atoms with Gasteiger partial charge >= 0.3 is 0 Å². The van der Waals surface area contributed by atoms with E-state index in [1.165, 1.54) is 28.1 Å². The molecule has 0 bridgehead atoms. The molecule has 4 aromatic rings. The average molecular weight is 451 g/mol. The number of fused-ring (bicyclic) bond motifs is 1. The lowest BCUT2D eigenvalue weighted by atomic mass is 10.0. The van der Waals surface area contributed by atoms with E-state index in [1.54, 1.807) is 24.3 Å². The minimum absolute atomic E-state index is 0.0616. The Balaban J connectivity index is 1.49. The van der Waals surface area contributed by atoms with Gasteiger partial charge in [0.15, 0.2) is 5.16 Å². The van der Waals surface area contributed by atoms with Gasteiger partial charge in [0.05, 0.1) is 5.25 Å². The summed E-state index contributed by atoms with van der Waals surface area (Å²) in [5.74, 6) is 0.806. The quantitative estimate of drug-likeness (QED) is 0.366. The van der Waals surface area contributed by atoms with Gasteiger partial charge in [0.2, 0.25) is 5.91 Å². The maximum Gasteiger partial charge on any atom is 0.237 e. The Kier molecular flexibility index (Phi) is 6.59. The van der Waals surface area contributed by atoms with Gasteiger partial charge in [-0.05, 0) is 47.0 Å². The van der Waals surface area contributed by atoms with Crippen molar-refractivity contribution >= 4 is 45.7 Å². The second-order valence-electron chi connectivity index (χ2n) is 7.28. The number of anilines is 1. The van der Waals surface area contributed by atoms with E-state index in [0.29, 0.717) is 17.9 Å². The summed E-state index contributed by atoms with van der Waals surface area (Å²) in [7, 11) is 1.95. The fourth-order valence-electron chi connectivity index (χ4n) is 3.42. The predicted octanol–water partition coefficient (Wildman–Crippen LogP) is 5.72. The van der Waals surface area contributed by atoms with Gasteiger partial charge in [-0.1, -0.05) is 72.8 Å². The Morgan fingerprint density at radius 1 is 1.06 bits per heavy atom. The van der Waals surface area contributed by atoms with Crippen LogP contribution >= 0.6 is 23.4 Å². The molecular weight excluding hydrogens is 428 g/mol. The topological polar surface area (TPSA) is 59.8 Å². The number of hydrogen-bond acceptors (Lipinski definition) is 4. The highest BCUT2D eigenvalue weighted by Gasteiger charge is 2.22. The normalized spacial score (nSPS) is 12.1. The first kappa shape index (κ1) is 21.4. The monoisotopic (exact) mass is 450 g/mol. The van der Waals surface area contributed by atoms with Crippen LogP contribution in [0.5, 0.6) is 0 Å². The Morgan fingerprint density at radius 2 is 1.81 bits per heavy atom. The Labute approximate surface area is 190 Å². The van der Waals surface area contributed by atoms with Crippen molar-refractivity contribution in [3.8, 4) is 0 Å². The zero-order valence-electron chi connectivity index (χ0n) is 17.4. The fraction of sp³-hybridized carbons (Fsp3) is 0.208. The molecule has 31 heavy (non-hydrogen) atoms. The number of aromatic nitrogens is 3. The third-order valence-corrected chi connectivity index (χ3v) is 6.83. The predicted molar refractivity (Wildman–Crippen MR) is 128 cm³/mol. The lowest BCUT2D eigenvalue weighted by Gasteiger charge is -2.14. The third kappa shape index (κ3) is 4.92. The molecule has 4 rings (SSSR count). The summed E-state index contributed by atoms with van der Waals surface area (Å²) in [5.41, 5.74) is 1.93. The molecule has 1 N–H and O–H groups in total. The van der Waals surface area contributed by atoms with Gasteiger partial charge in [0, 0.05) is 24.2 Å². The number of amides is 1. The highest BCUT2D eigenvalue weighted by Crippen LogP contribution is 2.27. The summed E-state index contributed by atoms with van der Waals surface area (Å²) >= 11 is 7.35. The first-order valence-electron chi connectivity index (χ1n) is 10.1. The molecule has 5 nitrogen and oxygen atoms in total. The highest BCUT2D eigenvalue weighted by molar-refractivity contribution is 8.00. The number of hydrogen-bond donors (Lipinski definition) is 1. The van der Waals surface area contributed by atoms with Crippen LogP contribution in [0.3, 0.4) is 0 Å². The van der Waals surface area contributed by atoms with Gasteiger partial charge in [-0.25, -0.2) is 0 Å². The number of carbonyl (C=O) groups excluding carboxylic acids is 1. The molecule has 1 heterocycles. The van der Waals surface area contributed by atoms with E-state index in [1.807, 2.05) is 24.6 Å². The molecule has 1 aromatic heterocycles. The molecule has 0 spiro atoms. The van der Waals surface area contributed by atoms with Crippen LogP contribution in [0, 0.1) is 0 Å². The van der Waals surface area contributed by atoms with Gasteiger partial charge in [-0.15, -0.1) is 10.2 Å². The lowest BCUT2D eigenvalue weighted by molar-refractivity contribution is -0.115. The van der Waals surface area contributed by atoms with Crippen molar-refractivity contribution in [1.29, 1.82) is 0 Å². The van der Waals surface area contributed by atoms with Crippen molar-refractivity contribution in [2.24, 2.45) is 7.05 Å². The number of halogens is 1. The lowest BCUT2D eigenvalue weighted by Crippen LogP contribution is -2.25. The van der Waals surface area contributed by atoms with Crippen LogP contribution in [0.25, 0.3) is 10.8 Å². The first-order valence-corrected chi connectivity index (χ1v) is 11.4. The largest absolute Gasteiger partial charge is 0.325 e. The van der Waals surface area contributed by atoms with E-state index in [2.05, 4.69) is 51.9 Å². The molecule has 1 unspecified atom stereocenters. The molecule has 0 radical (unpaired) electrons. The van der Waals surface area contributed by atoms with Crippen molar-refractivity contribution in [3.63, 3.8) is 0 Å². The van der Waals surface area contributed by atoms with E-state index in [-0.39, 0.29) is 11.2 Å². The summed E-state index contributed by atoms with van der Waals surface area (Å²) in [6.07, 6.45) is 1.36. The zero-order valence-corrected chi connectivity index (χ0v) is 19.0. The first-order chi connectivity index (χ1) is 15.0. The molecule has 158 valence electrons. The van der Waals surface area contributed by atoms with Crippen LogP contribution in [0.4, 0.5) is 5.69 Å². The summed E-state index contributed by atoms with van der Waals surface area (Å²) in [5, 5.41) is 15.2. The smallest absolute Gasteiger partial charge is 0.237 e. The van der Waals surface area contributed by atoms with Gasteiger partial charge < -0.3 is 9.88 Å². The number of thioether (sulfide) groups is 1. The highest BCUT2D eigenvalue weighted by atomic mass is 35.5. The molecule has 3 aromatic carbocycles. The van der Waals surface area contributed by atoms with Crippen LogP contribution in [-0.4, -0.2) is 25.9 Å². The van der Waals surface area contributed by atoms with Gasteiger partial charge in [0.25, 0.3) is 0 Å². The van der Waals surface area contributed by atoms with E-state index >= 15 is 0 Å². The summed E-state index contributed by atoms with van der Waals surface area (Å²) in [4.78, 5) is 12.8. The molecule has 0 fully saturated rings. The summed E-state index contributed by atoms with van der Waals surface area (Å²) in [6.45, 7) is 1.99. The van der Waals surface area contributed by atoms with Crippen LogP contribution in [0.2, 0.25) is 5.02 Å². The SMILES string of the molecule is CCC(Sc1nnc(Cc2cccc3ccccc23)n1C)C(=O)Nc1ccc(Cl)cc1. The molecule has 7 heteroatoms. The van der Waals surface area contributed by atoms with Crippen molar-refractivity contribution in [3.05, 3.63) is 83.1 Å². The minimum atomic E-state index is -0.274. The van der Waals surface area contributed by atoms with Crippen molar-refractivity contribution in [2.75, 3.05) is 5.32 Å². The maximum absolute atomic E-state index is 12.8. The van der Waals surface area contributed by atoms with Crippen LogP contribution in [0.1, 0.15) is 24.7 Å². The van der Waals surface area contributed by atoms with Crippen LogP contribution in [-0.2, 0) is 18.3 Å². The molecule has 0 aliphatic rings. The number of nitrogens with one attached hydrogen (secondary N) is 1. The Morgan fingerprint density at radius 3 is 2.58 bits per heavy atom. The van der Waals surface area contributed by atoms with Gasteiger partial charge in [-0.3, -0.25) is 4.79 Å². The number of carbonyl (C=O) groups is 1. The maximum atomic E-state index is 12.8. The number of rotatable bonds is 7. The molecule has 0 saturated heterocycles. The van der Waals surface area contributed by atoms with Crippen LogP contribution < -0.4 is 5.32 Å². The molecule has 0 aliphatic heterocycles. The van der Waals surface area contributed by atoms with E-state index < -0.39 is 0 Å². The van der Waals surface area contributed by atoms with Crippen molar-refractivity contribution < 1.29 is 4.79 Å². The van der Waals surface area contributed by atoms with Gasteiger partial charge in [0.1, 0.15) is 5.82 Å². The molecule has 1 amide bonds. The van der Waals surface area contributed by atoms with E-state index in [0.717, 1.165) is 16.7 Å². The number of benzene rings is 3.